The van der Waals surface area contributed by atoms with Crippen LogP contribution in [0.2, 0.25) is 0 Å². The number of hydrogen-bond acceptors (Lipinski definition) is 3. The maximum absolute atomic E-state index is 4.28. The maximum atomic E-state index is 4.28. The van der Waals surface area contributed by atoms with E-state index in [4.69, 9.17) is 0 Å². The maximum Gasteiger partial charge on any atom is 0.149 e. The average Bonchev–Trinajstić information content (AvgIpc) is 2.87. The Hall–Kier alpha value is -0.900. The zero-order valence-corrected chi connectivity index (χ0v) is 7.82. The number of nitrogens with zero attached hydrogens (tertiary/aromatic N) is 3. The average molecular weight is 178 g/mol. The highest BCUT2D eigenvalue weighted by atomic mass is 15.3. The second-order valence-electron chi connectivity index (χ2n) is 4.02. The van der Waals surface area contributed by atoms with Gasteiger partial charge in [-0.3, -0.25) is 0 Å². The fourth-order valence-corrected chi connectivity index (χ4v) is 2.00. The summed E-state index contributed by atoms with van der Waals surface area (Å²) < 4.78 is 2.30. The van der Waals surface area contributed by atoms with Crippen molar-refractivity contribution in [3.8, 4) is 0 Å². The number of aromatic nitrogens is 3. The van der Waals surface area contributed by atoms with E-state index in [1.54, 1.807) is 0 Å². The molecule has 1 fully saturated rings. The Labute approximate surface area is 77.4 Å². The summed E-state index contributed by atoms with van der Waals surface area (Å²) in [4.78, 5) is 0. The van der Waals surface area contributed by atoms with Gasteiger partial charge in [-0.25, -0.2) is 0 Å². The third-order valence-corrected chi connectivity index (χ3v) is 2.92. The summed E-state index contributed by atoms with van der Waals surface area (Å²) in [6.07, 6.45) is 2.61. The highest BCUT2D eigenvalue weighted by Gasteiger charge is 2.32. The van der Waals surface area contributed by atoms with Gasteiger partial charge in [0.2, 0.25) is 0 Å². The summed E-state index contributed by atoms with van der Waals surface area (Å²) in [5, 5.41) is 11.9. The van der Waals surface area contributed by atoms with Crippen LogP contribution < -0.4 is 5.32 Å². The smallest absolute Gasteiger partial charge is 0.149 e. The first-order valence-corrected chi connectivity index (χ1v) is 5.02. The molecule has 2 heterocycles. The van der Waals surface area contributed by atoms with E-state index in [0.29, 0.717) is 12.0 Å². The Morgan fingerprint density at radius 2 is 2.08 bits per heavy atom. The topological polar surface area (TPSA) is 42.7 Å². The predicted octanol–water partition coefficient (Wildman–Crippen LogP) is 0.820. The Morgan fingerprint density at radius 3 is 2.85 bits per heavy atom. The first-order chi connectivity index (χ1) is 6.36. The van der Waals surface area contributed by atoms with Crippen LogP contribution in [-0.4, -0.2) is 21.3 Å². The number of hydrogen-bond donors (Lipinski definition) is 1. The van der Waals surface area contributed by atoms with Crippen LogP contribution in [0.3, 0.4) is 0 Å². The third-order valence-electron chi connectivity index (χ3n) is 2.92. The van der Waals surface area contributed by atoms with Crippen molar-refractivity contribution in [2.24, 2.45) is 0 Å². The first kappa shape index (κ1) is 7.50. The van der Waals surface area contributed by atoms with Gasteiger partial charge >= 0.3 is 0 Å². The Morgan fingerprint density at radius 1 is 1.31 bits per heavy atom. The van der Waals surface area contributed by atoms with Crippen molar-refractivity contribution in [2.45, 2.75) is 38.3 Å². The van der Waals surface area contributed by atoms with Crippen molar-refractivity contribution in [1.82, 2.24) is 20.1 Å². The molecule has 1 saturated carbocycles. The van der Waals surface area contributed by atoms with Crippen molar-refractivity contribution in [2.75, 3.05) is 6.54 Å². The van der Waals surface area contributed by atoms with E-state index >= 15 is 0 Å². The molecule has 1 atom stereocenters. The van der Waals surface area contributed by atoms with Crippen LogP contribution in [0.5, 0.6) is 0 Å². The van der Waals surface area contributed by atoms with Crippen LogP contribution >= 0.6 is 0 Å². The van der Waals surface area contributed by atoms with Crippen molar-refractivity contribution in [1.29, 1.82) is 0 Å². The van der Waals surface area contributed by atoms with Crippen LogP contribution in [0.15, 0.2) is 0 Å². The van der Waals surface area contributed by atoms with Crippen molar-refractivity contribution in [3.63, 3.8) is 0 Å². The van der Waals surface area contributed by atoms with Crippen LogP contribution in [-0.2, 0) is 6.54 Å². The summed E-state index contributed by atoms with van der Waals surface area (Å²) in [6.45, 7) is 4.24. The molecular formula is C9H14N4. The highest BCUT2D eigenvalue weighted by molar-refractivity contribution is 5.11. The minimum absolute atomic E-state index is 0.369. The molecule has 0 aromatic carbocycles. The Bertz CT molecular complexity index is 313. The number of rotatable bonds is 1. The molecule has 1 aromatic heterocycles. The van der Waals surface area contributed by atoms with Crippen LogP contribution in [0, 0.1) is 0 Å². The van der Waals surface area contributed by atoms with Gasteiger partial charge in [-0.1, -0.05) is 0 Å². The lowest BCUT2D eigenvalue weighted by Gasteiger charge is -2.21. The molecule has 0 bridgehead atoms. The molecule has 70 valence electrons. The summed E-state index contributed by atoms with van der Waals surface area (Å²) in [7, 11) is 0. The molecule has 3 rings (SSSR count). The standard InChI is InChI=1S/C9H14N4/c1-6-8-11-12-9(7-2-3-7)13(8)5-4-10-6/h6-7,10H,2-5H2,1H3/t6-/m1/s1. The fraction of sp³-hybridized carbons (Fsp3) is 0.778. The molecule has 0 amide bonds. The second-order valence-corrected chi connectivity index (χ2v) is 4.02. The molecule has 1 aliphatic heterocycles. The lowest BCUT2D eigenvalue weighted by molar-refractivity contribution is 0.429. The van der Waals surface area contributed by atoms with Crippen LogP contribution in [0.25, 0.3) is 0 Å². The molecule has 2 aliphatic rings. The fourth-order valence-electron chi connectivity index (χ4n) is 2.00. The van der Waals surface area contributed by atoms with E-state index < -0.39 is 0 Å². The van der Waals surface area contributed by atoms with Crippen LogP contribution in [0.4, 0.5) is 0 Å². The first-order valence-electron chi connectivity index (χ1n) is 5.02. The summed E-state index contributed by atoms with van der Waals surface area (Å²) in [5.74, 6) is 3.06. The molecule has 4 nitrogen and oxygen atoms in total. The van der Waals surface area contributed by atoms with Gasteiger partial charge in [-0.2, -0.15) is 0 Å². The predicted molar refractivity (Wildman–Crippen MR) is 48.4 cm³/mol. The molecule has 0 saturated heterocycles. The van der Waals surface area contributed by atoms with E-state index in [2.05, 4.69) is 27.0 Å². The number of nitrogens with one attached hydrogen (secondary N) is 1. The van der Waals surface area contributed by atoms with Gasteiger partial charge in [0.1, 0.15) is 11.6 Å². The van der Waals surface area contributed by atoms with Gasteiger partial charge in [0, 0.05) is 19.0 Å². The summed E-state index contributed by atoms with van der Waals surface area (Å²) in [6, 6.07) is 0.369. The monoisotopic (exact) mass is 178 g/mol. The lowest BCUT2D eigenvalue weighted by Crippen LogP contribution is -2.32. The minimum Gasteiger partial charge on any atom is -0.312 e. The molecule has 0 unspecified atom stereocenters. The van der Waals surface area contributed by atoms with Crippen molar-refractivity contribution in [3.05, 3.63) is 11.6 Å². The zero-order valence-electron chi connectivity index (χ0n) is 7.82. The molecule has 1 aliphatic carbocycles. The molecule has 0 radical (unpaired) electrons. The molecular weight excluding hydrogens is 164 g/mol. The SMILES string of the molecule is C[C@H]1NCCn2c(C3CC3)nnc21. The summed E-state index contributed by atoms with van der Waals surface area (Å²) in [5.41, 5.74) is 0. The molecule has 1 N–H and O–H groups in total. The van der Waals surface area contributed by atoms with E-state index in [1.165, 1.54) is 18.7 Å². The Kier molecular flexibility index (Phi) is 1.47. The quantitative estimate of drug-likeness (QED) is 0.692. The zero-order chi connectivity index (χ0) is 8.84. The summed E-state index contributed by atoms with van der Waals surface area (Å²) >= 11 is 0. The molecule has 1 aromatic rings. The molecule has 0 spiro atoms. The van der Waals surface area contributed by atoms with E-state index in [1.807, 2.05) is 0 Å². The second kappa shape index (κ2) is 2.54. The molecule has 13 heavy (non-hydrogen) atoms. The number of fused-ring (bicyclic) bond motifs is 1. The highest BCUT2D eigenvalue weighted by Crippen LogP contribution is 2.39. The third kappa shape index (κ3) is 1.09. The largest absolute Gasteiger partial charge is 0.312 e. The van der Waals surface area contributed by atoms with Crippen molar-refractivity contribution < 1.29 is 0 Å². The van der Waals surface area contributed by atoms with Crippen molar-refractivity contribution >= 4 is 0 Å². The molecule has 4 heteroatoms. The van der Waals surface area contributed by atoms with Gasteiger partial charge in [0.05, 0.1) is 6.04 Å². The van der Waals surface area contributed by atoms with E-state index in [-0.39, 0.29) is 0 Å². The van der Waals surface area contributed by atoms with E-state index in [9.17, 15) is 0 Å². The lowest BCUT2D eigenvalue weighted by atomic mass is 10.2. The normalized spacial score (nSPS) is 27.3. The van der Waals surface area contributed by atoms with Gasteiger partial charge in [-0.15, -0.1) is 10.2 Å². The minimum atomic E-state index is 0.369. The van der Waals surface area contributed by atoms with Gasteiger partial charge in [0.25, 0.3) is 0 Å². The Balaban J connectivity index is 2.04. The van der Waals surface area contributed by atoms with Gasteiger partial charge in [-0.05, 0) is 19.8 Å². The van der Waals surface area contributed by atoms with Gasteiger partial charge < -0.3 is 9.88 Å². The van der Waals surface area contributed by atoms with E-state index in [0.717, 1.165) is 18.9 Å². The van der Waals surface area contributed by atoms with Crippen LogP contribution in [0.1, 0.15) is 43.4 Å². The van der Waals surface area contributed by atoms with Gasteiger partial charge in [0.15, 0.2) is 0 Å².